The van der Waals surface area contributed by atoms with E-state index in [0.29, 0.717) is 11.4 Å². The summed E-state index contributed by atoms with van der Waals surface area (Å²) in [6, 6.07) is 5.38. The number of hydrogen-bond donors (Lipinski definition) is 2. The number of alkyl carbamates (subject to hydrolysis) is 1. The lowest BCUT2D eigenvalue weighted by Crippen LogP contribution is -2.32. The summed E-state index contributed by atoms with van der Waals surface area (Å²) in [6.07, 6.45) is 2.46. The molecule has 0 radical (unpaired) electrons. The maximum Gasteiger partial charge on any atom is 0.408 e. The zero-order chi connectivity index (χ0) is 16.9. The molecule has 120 valence electrons. The number of oxazole rings is 1. The Hall–Kier alpha value is -2.94. The molecule has 0 spiro atoms. The molecule has 0 aliphatic rings. The summed E-state index contributed by atoms with van der Waals surface area (Å²) in [7, 11) is 0. The predicted molar refractivity (Wildman–Crippen MR) is 87.5 cm³/mol. The number of ether oxygens (including phenoxy) is 1. The number of nitrogens with two attached hydrogens (primary N) is 1. The fourth-order valence-corrected chi connectivity index (χ4v) is 1.80. The summed E-state index contributed by atoms with van der Waals surface area (Å²) in [5, 5.41) is 2.57. The van der Waals surface area contributed by atoms with Gasteiger partial charge in [-0.05, 0) is 39.0 Å². The molecule has 0 bridgehead atoms. The monoisotopic (exact) mass is 313 g/mol. The molecule has 1 aromatic heterocycles. The highest BCUT2D eigenvalue weighted by Crippen LogP contribution is 2.22. The Bertz CT molecular complexity index is 735. The van der Waals surface area contributed by atoms with Gasteiger partial charge in [-0.3, -0.25) is 0 Å². The van der Waals surface area contributed by atoms with E-state index in [0.717, 1.165) is 11.1 Å². The van der Waals surface area contributed by atoms with Crippen LogP contribution in [0, 0.1) is 11.8 Å². The molecule has 3 N–H and O–H groups in total. The van der Waals surface area contributed by atoms with E-state index in [1.54, 1.807) is 39.1 Å². The topological polar surface area (TPSA) is 90.4 Å². The SMILES string of the molecule is CC(C)(C)OC(=O)NCC#Cc1cc(N)cc(-c2cnco2)c1. The van der Waals surface area contributed by atoms with Crippen LogP contribution in [0.25, 0.3) is 11.3 Å². The van der Waals surface area contributed by atoms with Crippen LogP contribution >= 0.6 is 0 Å². The predicted octanol–water partition coefficient (Wildman–Crippen LogP) is 2.80. The molecule has 0 unspecified atom stereocenters. The van der Waals surface area contributed by atoms with E-state index in [2.05, 4.69) is 22.1 Å². The molecule has 0 aliphatic heterocycles. The molecule has 1 heterocycles. The molecule has 0 saturated heterocycles. The van der Waals surface area contributed by atoms with Crippen LogP contribution in [0.2, 0.25) is 0 Å². The first-order valence-electron chi connectivity index (χ1n) is 7.09. The lowest BCUT2D eigenvalue weighted by atomic mass is 10.1. The van der Waals surface area contributed by atoms with E-state index < -0.39 is 11.7 Å². The van der Waals surface area contributed by atoms with Crippen LogP contribution in [-0.2, 0) is 4.74 Å². The average molecular weight is 313 g/mol. The summed E-state index contributed by atoms with van der Waals surface area (Å²) in [5.74, 6) is 6.42. The second-order valence-corrected chi connectivity index (χ2v) is 5.87. The van der Waals surface area contributed by atoms with Gasteiger partial charge < -0.3 is 20.2 Å². The van der Waals surface area contributed by atoms with Crippen LogP contribution in [0.1, 0.15) is 26.3 Å². The first kappa shape index (κ1) is 16.4. The number of anilines is 1. The van der Waals surface area contributed by atoms with E-state index in [-0.39, 0.29) is 6.54 Å². The lowest BCUT2D eigenvalue weighted by molar-refractivity contribution is 0.0535. The van der Waals surface area contributed by atoms with Crippen LogP contribution in [-0.4, -0.2) is 23.2 Å². The normalized spacial score (nSPS) is 10.6. The minimum absolute atomic E-state index is 0.182. The Kier molecular flexibility index (Phi) is 4.91. The number of carbonyl (C=O) groups excluding carboxylic acids is 1. The summed E-state index contributed by atoms with van der Waals surface area (Å²) in [6.45, 7) is 5.59. The molecule has 23 heavy (non-hydrogen) atoms. The average Bonchev–Trinajstić information content (AvgIpc) is 2.95. The van der Waals surface area contributed by atoms with Crippen molar-refractivity contribution >= 4 is 11.8 Å². The standard InChI is InChI=1S/C17H19N3O3/c1-17(2,3)23-16(21)20-6-4-5-12-7-13(9-14(18)8-12)15-10-19-11-22-15/h7-11H,6,18H2,1-3H3,(H,20,21). The van der Waals surface area contributed by atoms with Gasteiger partial charge in [0.25, 0.3) is 0 Å². The largest absolute Gasteiger partial charge is 0.444 e. The third-order valence-electron chi connectivity index (χ3n) is 2.62. The van der Waals surface area contributed by atoms with Crippen molar-refractivity contribution < 1.29 is 13.9 Å². The minimum Gasteiger partial charge on any atom is -0.444 e. The van der Waals surface area contributed by atoms with E-state index >= 15 is 0 Å². The Morgan fingerprint density at radius 2 is 2.17 bits per heavy atom. The molecule has 0 saturated carbocycles. The fraction of sp³-hybridized carbons (Fsp3) is 0.294. The van der Waals surface area contributed by atoms with Crippen molar-refractivity contribution in [3.05, 3.63) is 36.4 Å². The maximum atomic E-state index is 11.5. The lowest BCUT2D eigenvalue weighted by Gasteiger charge is -2.19. The van der Waals surface area contributed by atoms with Crippen molar-refractivity contribution in [2.24, 2.45) is 0 Å². The number of nitrogens with one attached hydrogen (secondary N) is 1. The van der Waals surface area contributed by atoms with Gasteiger partial charge in [0.15, 0.2) is 12.2 Å². The van der Waals surface area contributed by atoms with Crippen LogP contribution in [0.4, 0.5) is 10.5 Å². The van der Waals surface area contributed by atoms with Gasteiger partial charge in [-0.25, -0.2) is 9.78 Å². The van der Waals surface area contributed by atoms with E-state index in [1.165, 1.54) is 6.39 Å². The van der Waals surface area contributed by atoms with Crippen LogP contribution < -0.4 is 11.1 Å². The molecular weight excluding hydrogens is 294 g/mol. The van der Waals surface area contributed by atoms with Crippen molar-refractivity contribution in [1.29, 1.82) is 0 Å². The highest BCUT2D eigenvalue weighted by molar-refractivity contribution is 5.68. The number of benzene rings is 1. The van der Waals surface area contributed by atoms with E-state index in [9.17, 15) is 4.79 Å². The molecule has 2 rings (SSSR count). The van der Waals surface area contributed by atoms with Gasteiger partial charge in [-0.15, -0.1) is 0 Å². The molecule has 6 heteroatoms. The first-order chi connectivity index (χ1) is 10.8. The van der Waals surface area contributed by atoms with E-state index in [4.69, 9.17) is 14.9 Å². The van der Waals surface area contributed by atoms with Gasteiger partial charge in [-0.1, -0.05) is 11.8 Å². The highest BCUT2D eigenvalue weighted by Gasteiger charge is 2.15. The van der Waals surface area contributed by atoms with Gasteiger partial charge in [0, 0.05) is 16.8 Å². The Balaban J connectivity index is 2.00. The second-order valence-electron chi connectivity index (χ2n) is 5.87. The highest BCUT2D eigenvalue weighted by atomic mass is 16.6. The van der Waals surface area contributed by atoms with Crippen LogP contribution in [0.3, 0.4) is 0 Å². The third kappa shape index (κ3) is 5.40. The Labute approximate surface area is 135 Å². The van der Waals surface area contributed by atoms with Crippen molar-refractivity contribution in [2.75, 3.05) is 12.3 Å². The van der Waals surface area contributed by atoms with Gasteiger partial charge in [0.2, 0.25) is 0 Å². The second kappa shape index (κ2) is 6.88. The number of amides is 1. The molecule has 0 aliphatic carbocycles. The fourth-order valence-electron chi connectivity index (χ4n) is 1.80. The maximum absolute atomic E-state index is 11.5. The number of carbonyl (C=O) groups is 1. The summed E-state index contributed by atoms with van der Waals surface area (Å²) >= 11 is 0. The van der Waals surface area contributed by atoms with Crippen LogP contribution in [0.5, 0.6) is 0 Å². The van der Waals surface area contributed by atoms with Crippen molar-refractivity contribution in [1.82, 2.24) is 10.3 Å². The number of rotatable bonds is 2. The third-order valence-corrected chi connectivity index (χ3v) is 2.62. The van der Waals surface area contributed by atoms with Crippen molar-refractivity contribution in [2.45, 2.75) is 26.4 Å². The van der Waals surface area contributed by atoms with Gasteiger partial charge in [0.05, 0.1) is 12.7 Å². The van der Waals surface area contributed by atoms with E-state index in [1.807, 2.05) is 6.07 Å². The molecule has 6 nitrogen and oxygen atoms in total. The summed E-state index contributed by atoms with van der Waals surface area (Å²) in [5.41, 5.74) is 7.43. The summed E-state index contributed by atoms with van der Waals surface area (Å²) in [4.78, 5) is 15.4. The van der Waals surface area contributed by atoms with Crippen molar-refractivity contribution in [3.63, 3.8) is 0 Å². The van der Waals surface area contributed by atoms with Gasteiger partial charge in [-0.2, -0.15) is 0 Å². The zero-order valence-electron chi connectivity index (χ0n) is 13.3. The quantitative estimate of drug-likeness (QED) is 0.657. The Morgan fingerprint density at radius 3 is 2.83 bits per heavy atom. The Morgan fingerprint density at radius 1 is 1.39 bits per heavy atom. The van der Waals surface area contributed by atoms with Crippen molar-refractivity contribution in [3.8, 4) is 23.2 Å². The molecule has 1 aromatic carbocycles. The molecule has 0 atom stereocenters. The smallest absolute Gasteiger partial charge is 0.408 e. The number of nitrogens with zero attached hydrogens (tertiary/aromatic N) is 1. The summed E-state index contributed by atoms with van der Waals surface area (Å²) < 4.78 is 10.4. The number of nitrogen functional groups attached to an aromatic ring is 1. The zero-order valence-corrected chi connectivity index (χ0v) is 13.3. The van der Waals surface area contributed by atoms with Gasteiger partial charge in [0.1, 0.15) is 5.60 Å². The number of hydrogen-bond acceptors (Lipinski definition) is 5. The molecular formula is C17H19N3O3. The van der Waals surface area contributed by atoms with Crippen LogP contribution in [0.15, 0.2) is 35.2 Å². The molecule has 2 aromatic rings. The van der Waals surface area contributed by atoms with Gasteiger partial charge >= 0.3 is 6.09 Å². The number of aromatic nitrogens is 1. The molecule has 1 amide bonds. The molecule has 0 fully saturated rings. The first-order valence-corrected chi connectivity index (χ1v) is 7.09. The minimum atomic E-state index is -0.530.